The van der Waals surface area contributed by atoms with E-state index in [4.69, 9.17) is 24.2 Å². The lowest BCUT2D eigenvalue weighted by molar-refractivity contribution is -0.188. The summed E-state index contributed by atoms with van der Waals surface area (Å²) in [6.07, 6.45) is 6.55. The molecule has 54 heavy (non-hydrogen) atoms. The number of carbonyl (C=O) groups is 2. The molecule has 4 aromatic heterocycles. The van der Waals surface area contributed by atoms with E-state index in [2.05, 4.69) is 10.3 Å². The van der Waals surface area contributed by atoms with Gasteiger partial charge in [0.25, 0.3) is 5.92 Å². The van der Waals surface area contributed by atoms with Gasteiger partial charge >= 0.3 is 6.09 Å². The number of carbonyl (C=O) groups excluding carboxylic acids is 2. The minimum Gasteiger partial charge on any atom is -0.444 e. The predicted molar refractivity (Wildman–Crippen MR) is 200 cm³/mol. The van der Waals surface area contributed by atoms with E-state index in [0.717, 1.165) is 33.3 Å². The number of aromatic nitrogens is 4. The molecule has 1 N–H and O–H groups in total. The molecule has 0 aromatic carbocycles. The molecule has 0 bridgehead atoms. The van der Waals surface area contributed by atoms with Crippen LogP contribution in [-0.2, 0) is 38.2 Å². The van der Waals surface area contributed by atoms with Gasteiger partial charge in [0.1, 0.15) is 17.0 Å². The molecular weight excluding hydrogens is 696 g/mol. The van der Waals surface area contributed by atoms with Crippen molar-refractivity contribution in [3.05, 3.63) is 60.3 Å². The number of halogens is 2. The number of piperidine rings is 2. The van der Waals surface area contributed by atoms with Crippen molar-refractivity contribution < 1.29 is 32.6 Å². The Balaban J connectivity index is 1.11. The van der Waals surface area contributed by atoms with Crippen molar-refractivity contribution in [3.63, 3.8) is 0 Å². The van der Waals surface area contributed by atoms with Crippen LogP contribution in [-0.4, -0.2) is 99.3 Å². The van der Waals surface area contributed by atoms with E-state index in [-0.39, 0.29) is 38.4 Å². The van der Waals surface area contributed by atoms with Crippen LogP contribution in [0.3, 0.4) is 0 Å². The van der Waals surface area contributed by atoms with E-state index in [9.17, 15) is 9.59 Å². The van der Waals surface area contributed by atoms with Crippen LogP contribution in [0.15, 0.2) is 48.9 Å². The van der Waals surface area contributed by atoms with Gasteiger partial charge in [-0.3, -0.25) is 14.7 Å². The number of pyridine rings is 3. The molecule has 1 spiro atoms. The van der Waals surface area contributed by atoms with Crippen LogP contribution in [0.2, 0.25) is 0 Å². The number of fused-ring (bicyclic) bond motifs is 1. The Morgan fingerprint density at radius 2 is 1.76 bits per heavy atom. The van der Waals surface area contributed by atoms with E-state index in [0.29, 0.717) is 56.4 Å². The highest BCUT2D eigenvalue weighted by Crippen LogP contribution is 2.51. The third-order valence-electron chi connectivity index (χ3n) is 11.1. The molecule has 0 aliphatic carbocycles. The number of methoxy groups -OCH3 is 1. The molecular formula is C40H49F2N7O5. The molecule has 2 amide bonds. The number of hydrogen-bond donors (Lipinski definition) is 1. The Kier molecular flexibility index (Phi) is 9.99. The fourth-order valence-electron chi connectivity index (χ4n) is 8.01. The first kappa shape index (κ1) is 37.8. The summed E-state index contributed by atoms with van der Waals surface area (Å²) in [5.41, 5.74) is 3.10. The summed E-state index contributed by atoms with van der Waals surface area (Å²) in [5, 5.41) is 3.65. The van der Waals surface area contributed by atoms with Gasteiger partial charge in [-0.1, -0.05) is 6.07 Å². The lowest BCUT2D eigenvalue weighted by Crippen LogP contribution is -2.59. The van der Waals surface area contributed by atoms with Crippen LogP contribution in [0.25, 0.3) is 33.3 Å². The maximum atomic E-state index is 15.9. The van der Waals surface area contributed by atoms with Gasteiger partial charge in [0.2, 0.25) is 5.91 Å². The van der Waals surface area contributed by atoms with Crippen molar-refractivity contribution in [1.82, 2.24) is 29.3 Å². The van der Waals surface area contributed by atoms with Crippen LogP contribution in [0, 0.1) is 5.41 Å². The standard InChI is InChI=1S/C40H49F2N7O5/c1-26(50)45-35-19-30-31(23-47(5)33(30)21-44-35)32-17-28(18-34(46-32)39(52-6)12-16-53-25-39)27-7-8-29(43-20-27)22-48-13-9-38(40(41,42)24-48)10-14-49(15-11-38)36(51)54-37(2,3)4/h7-8,17-21,23H,9-16,22,24-25H2,1-6H3,(H,44,45,50)/t39-/m0/s1. The summed E-state index contributed by atoms with van der Waals surface area (Å²) in [6, 6.07) is 9.72. The molecule has 3 fully saturated rings. The van der Waals surface area contributed by atoms with Gasteiger partial charge in [-0.15, -0.1) is 0 Å². The topological polar surface area (TPSA) is 124 Å². The van der Waals surface area contributed by atoms with Gasteiger partial charge in [0, 0.05) is 88.1 Å². The molecule has 0 unspecified atom stereocenters. The molecule has 4 aromatic rings. The second kappa shape index (κ2) is 14.3. The second-order valence-electron chi connectivity index (χ2n) is 16.0. The summed E-state index contributed by atoms with van der Waals surface area (Å²) in [6.45, 7) is 8.76. The SMILES string of the molecule is CO[C@@]1(c2cc(-c3ccc(CN4CCC5(CCN(C(=O)OC(C)(C)C)CC5)C(F)(F)C4)nc3)cc(-c3cn(C)c4cnc(NC(C)=O)cc34)n2)CCOC1. The lowest BCUT2D eigenvalue weighted by atomic mass is 9.68. The zero-order chi connectivity index (χ0) is 38.5. The molecule has 288 valence electrons. The van der Waals surface area contributed by atoms with E-state index in [1.807, 2.05) is 48.1 Å². The van der Waals surface area contributed by atoms with Crippen molar-refractivity contribution in [2.24, 2.45) is 12.5 Å². The van der Waals surface area contributed by atoms with Crippen LogP contribution < -0.4 is 5.32 Å². The fourth-order valence-corrected chi connectivity index (χ4v) is 8.01. The molecule has 3 aliphatic rings. The number of nitrogens with zero attached hydrogens (tertiary/aromatic N) is 6. The molecule has 3 aliphatic heterocycles. The summed E-state index contributed by atoms with van der Waals surface area (Å²) in [4.78, 5) is 42.0. The molecule has 0 saturated carbocycles. The van der Waals surface area contributed by atoms with Crippen LogP contribution in [0.4, 0.5) is 19.4 Å². The zero-order valence-corrected chi connectivity index (χ0v) is 31.9. The molecule has 12 nitrogen and oxygen atoms in total. The summed E-state index contributed by atoms with van der Waals surface area (Å²) >= 11 is 0. The maximum absolute atomic E-state index is 15.9. The van der Waals surface area contributed by atoms with E-state index < -0.39 is 28.6 Å². The highest BCUT2D eigenvalue weighted by molar-refractivity contribution is 5.98. The average Bonchev–Trinajstić information content (AvgIpc) is 3.74. The van der Waals surface area contributed by atoms with Crippen molar-refractivity contribution in [3.8, 4) is 22.4 Å². The third kappa shape index (κ3) is 7.43. The number of likely N-dealkylation sites (tertiary alicyclic amines) is 2. The Hall–Kier alpha value is -4.53. The molecule has 1 atom stereocenters. The monoisotopic (exact) mass is 745 g/mol. The smallest absolute Gasteiger partial charge is 0.410 e. The van der Waals surface area contributed by atoms with E-state index >= 15 is 8.78 Å². The van der Waals surface area contributed by atoms with Crippen molar-refractivity contribution in [2.75, 3.05) is 51.8 Å². The predicted octanol–water partition coefficient (Wildman–Crippen LogP) is 6.78. The van der Waals surface area contributed by atoms with Gasteiger partial charge in [-0.2, -0.15) is 0 Å². The van der Waals surface area contributed by atoms with Crippen LogP contribution in [0.1, 0.15) is 64.8 Å². The number of aryl methyl sites for hydroxylation is 1. The molecule has 0 radical (unpaired) electrons. The highest BCUT2D eigenvalue weighted by atomic mass is 19.3. The Morgan fingerprint density at radius 1 is 1.00 bits per heavy atom. The number of alkyl halides is 2. The molecule has 7 rings (SSSR count). The Bertz CT molecular complexity index is 2030. The highest BCUT2D eigenvalue weighted by Gasteiger charge is 2.57. The number of amides is 2. The van der Waals surface area contributed by atoms with Crippen LogP contribution in [0.5, 0.6) is 0 Å². The zero-order valence-electron chi connectivity index (χ0n) is 31.9. The number of hydrogen-bond acceptors (Lipinski definition) is 9. The van der Waals surface area contributed by atoms with Crippen LogP contribution >= 0.6 is 0 Å². The van der Waals surface area contributed by atoms with Gasteiger partial charge in [0.05, 0.1) is 41.9 Å². The van der Waals surface area contributed by atoms with Gasteiger partial charge in [-0.05, 0) is 76.4 Å². The first-order valence-corrected chi connectivity index (χ1v) is 18.5. The first-order valence-electron chi connectivity index (χ1n) is 18.5. The minimum atomic E-state index is -2.91. The first-order chi connectivity index (χ1) is 25.6. The number of rotatable bonds is 7. The maximum Gasteiger partial charge on any atom is 0.410 e. The lowest BCUT2D eigenvalue weighted by Gasteiger charge is -2.51. The largest absolute Gasteiger partial charge is 0.444 e. The molecule has 3 saturated heterocycles. The van der Waals surface area contributed by atoms with Crippen molar-refractivity contribution in [2.45, 2.75) is 77.0 Å². The van der Waals surface area contributed by atoms with E-state index in [1.54, 1.807) is 50.1 Å². The van der Waals surface area contributed by atoms with Crippen molar-refractivity contribution in [1.29, 1.82) is 0 Å². The Morgan fingerprint density at radius 3 is 2.39 bits per heavy atom. The quantitative estimate of drug-likeness (QED) is 0.218. The van der Waals surface area contributed by atoms with Crippen molar-refractivity contribution >= 4 is 28.7 Å². The number of anilines is 1. The van der Waals surface area contributed by atoms with Gasteiger partial charge < -0.3 is 29.0 Å². The summed E-state index contributed by atoms with van der Waals surface area (Å²) < 4.78 is 51.1. The number of nitrogens with one attached hydrogen (secondary N) is 1. The number of ether oxygens (including phenoxy) is 3. The fraction of sp³-hybridized carbons (Fsp3) is 0.525. The summed E-state index contributed by atoms with van der Waals surface area (Å²) in [7, 11) is 3.61. The van der Waals surface area contributed by atoms with Gasteiger partial charge in [0.15, 0.2) is 0 Å². The Labute approximate surface area is 314 Å². The second-order valence-corrected chi connectivity index (χ2v) is 16.0. The minimum absolute atomic E-state index is 0.212. The van der Waals surface area contributed by atoms with E-state index in [1.165, 1.54) is 6.92 Å². The third-order valence-corrected chi connectivity index (χ3v) is 11.1. The normalized spacial score (nSPS) is 21.4. The summed E-state index contributed by atoms with van der Waals surface area (Å²) in [5.74, 6) is -2.67. The average molecular weight is 746 g/mol. The molecule has 14 heteroatoms. The van der Waals surface area contributed by atoms with Gasteiger partial charge in [-0.25, -0.2) is 23.5 Å². The molecule has 7 heterocycles.